The van der Waals surface area contributed by atoms with E-state index < -0.39 is 6.04 Å². The van der Waals surface area contributed by atoms with E-state index in [2.05, 4.69) is 46.5 Å². The fourth-order valence-electron chi connectivity index (χ4n) is 6.22. The minimum Gasteiger partial charge on any atom is -0.344 e. The van der Waals surface area contributed by atoms with Crippen LogP contribution in [0.5, 0.6) is 0 Å². The number of carbonyl (C=O) groups is 2. The Kier molecular flexibility index (Phi) is 7.60. The molecule has 3 atom stereocenters. The molecule has 2 fully saturated rings. The number of pyridine rings is 1. The molecule has 0 bridgehead atoms. The summed E-state index contributed by atoms with van der Waals surface area (Å²) < 4.78 is 2.22. The third-order valence-corrected chi connectivity index (χ3v) is 8.42. The van der Waals surface area contributed by atoms with Gasteiger partial charge in [-0.3, -0.25) is 14.6 Å². The fourth-order valence-corrected chi connectivity index (χ4v) is 6.22. The molecule has 2 N–H and O–H groups in total. The van der Waals surface area contributed by atoms with Gasteiger partial charge in [-0.15, -0.1) is 0 Å². The van der Waals surface area contributed by atoms with Crippen LogP contribution in [0.2, 0.25) is 0 Å². The van der Waals surface area contributed by atoms with E-state index in [9.17, 15) is 9.59 Å². The zero-order valence-corrected chi connectivity index (χ0v) is 22.2. The van der Waals surface area contributed by atoms with Crippen molar-refractivity contribution in [3.63, 3.8) is 0 Å². The molecule has 0 spiro atoms. The lowest BCUT2D eigenvalue weighted by molar-refractivity contribution is -0.139. The highest BCUT2D eigenvalue weighted by atomic mass is 16.2. The first-order valence-electron chi connectivity index (χ1n) is 13.8. The number of likely N-dealkylation sites (N-methyl/N-ethyl adjacent to an activating group) is 1. The Morgan fingerprint density at radius 3 is 2.51 bits per heavy atom. The van der Waals surface area contributed by atoms with Gasteiger partial charge < -0.3 is 20.1 Å². The van der Waals surface area contributed by atoms with Gasteiger partial charge in [0, 0.05) is 36.4 Å². The first kappa shape index (κ1) is 25.5. The van der Waals surface area contributed by atoms with Crippen molar-refractivity contribution < 1.29 is 9.59 Å². The number of aromatic nitrogens is 2. The third-order valence-electron chi connectivity index (χ3n) is 8.42. The third kappa shape index (κ3) is 5.01. The lowest BCUT2D eigenvalue weighted by Crippen LogP contribution is -2.55. The van der Waals surface area contributed by atoms with Gasteiger partial charge in [-0.25, -0.2) is 0 Å². The van der Waals surface area contributed by atoms with Crippen molar-refractivity contribution >= 4 is 22.7 Å². The number of fused-ring (bicyclic) bond motifs is 1. The van der Waals surface area contributed by atoms with Crippen molar-refractivity contribution in [1.82, 2.24) is 25.1 Å². The average Bonchev–Trinajstić information content (AvgIpc) is 3.56. The molecular weight excluding hydrogens is 462 g/mol. The second-order valence-electron chi connectivity index (χ2n) is 10.7. The van der Waals surface area contributed by atoms with Crippen LogP contribution in [0.25, 0.3) is 22.2 Å². The van der Waals surface area contributed by atoms with E-state index in [0.717, 1.165) is 72.9 Å². The van der Waals surface area contributed by atoms with E-state index in [1.54, 1.807) is 7.05 Å². The molecule has 196 valence electrons. The van der Waals surface area contributed by atoms with Gasteiger partial charge in [0.1, 0.15) is 6.04 Å². The second-order valence-corrected chi connectivity index (χ2v) is 10.7. The zero-order chi connectivity index (χ0) is 25.9. The van der Waals surface area contributed by atoms with Gasteiger partial charge in [0.2, 0.25) is 11.8 Å². The Labute approximate surface area is 219 Å². The Balaban J connectivity index is 1.48. The van der Waals surface area contributed by atoms with E-state index in [-0.39, 0.29) is 29.8 Å². The Morgan fingerprint density at radius 1 is 1.03 bits per heavy atom. The van der Waals surface area contributed by atoms with Gasteiger partial charge >= 0.3 is 0 Å². The topological polar surface area (TPSA) is 79.3 Å². The van der Waals surface area contributed by atoms with Crippen molar-refractivity contribution in [2.24, 2.45) is 13.0 Å². The summed E-state index contributed by atoms with van der Waals surface area (Å²) in [7, 11) is 3.86. The molecule has 3 unspecified atom stereocenters. The first-order chi connectivity index (χ1) is 18.0. The number of carbonyl (C=O) groups excluding carboxylic acids is 2. The standard InChI is InChI=1S/C30H39N5O2/c1-20(31-2)29(36)33-27(22-13-8-5-9-14-22)30(37)35-18-10-15-24(35)25-19-23-16-17-32-26(28(23)34(25)3)21-11-6-4-7-12-21/h4,6-7,11-12,16-17,19-20,22,24,27,31H,5,8-10,13-15,18H2,1-3H3,(H,33,36). The maximum Gasteiger partial charge on any atom is 0.246 e. The van der Waals surface area contributed by atoms with Crippen LogP contribution in [0.3, 0.4) is 0 Å². The number of likely N-dealkylation sites (tertiary alicyclic amines) is 1. The molecule has 2 aromatic heterocycles. The zero-order valence-electron chi connectivity index (χ0n) is 22.2. The van der Waals surface area contributed by atoms with E-state index >= 15 is 0 Å². The molecule has 5 rings (SSSR count). The summed E-state index contributed by atoms with van der Waals surface area (Å²) in [6.07, 6.45) is 9.16. The number of hydrogen-bond donors (Lipinski definition) is 2. The average molecular weight is 502 g/mol. The van der Waals surface area contributed by atoms with Crippen molar-refractivity contribution in [1.29, 1.82) is 0 Å². The van der Waals surface area contributed by atoms with Gasteiger partial charge in [-0.2, -0.15) is 0 Å². The normalized spacial score (nSPS) is 20.2. The highest BCUT2D eigenvalue weighted by molar-refractivity contribution is 5.94. The maximum absolute atomic E-state index is 14.2. The first-order valence-corrected chi connectivity index (χ1v) is 13.8. The number of benzene rings is 1. The van der Waals surface area contributed by atoms with Crippen LogP contribution in [-0.4, -0.2) is 51.9 Å². The fraction of sp³-hybridized carbons (Fsp3) is 0.500. The van der Waals surface area contributed by atoms with Crippen LogP contribution in [-0.2, 0) is 16.6 Å². The summed E-state index contributed by atoms with van der Waals surface area (Å²) in [5.41, 5.74) is 4.25. The Morgan fingerprint density at radius 2 is 1.78 bits per heavy atom. The summed E-state index contributed by atoms with van der Waals surface area (Å²) in [5.74, 6) is 0.153. The largest absolute Gasteiger partial charge is 0.344 e. The maximum atomic E-state index is 14.2. The predicted octanol–water partition coefficient (Wildman–Crippen LogP) is 4.58. The van der Waals surface area contributed by atoms with Crippen LogP contribution in [0.4, 0.5) is 0 Å². The summed E-state index contributed by atoms with van der Waals surface area (Å²) >= 11 is 0. The lowest BCUT2D eigenvalue weighted by atomic mass is 9.83. The molecule has 3 aromatic rings. The van der Waals surface area contributed by atoms with Gasteiger partial charge in [0.15, 0.2) is 0 Å². The van der Waals surface area contributed by atoms with E-state index in [1.165, 1.54) is 6.42 Å². The van der Waals surface area contributed by atoms with Crippen molar-refractivity contribution in [3.8, 4) is 11.3 Å². The number of nitrogens with one attached hydrogen (secondary N) is 2. The monoisotopic (exact) mass is 501 g/mol. The van der Waals surface area contributed by atoms with Crippen LogP contribution < -0.4 is 10.6 Å². The van der Waals surface area contributed by atoms with Gasteiger partial charge in [-0.05, 0) is 57.7 Å². The molecule has 2 amide bonds. The number of aryl methyl sites for hydroxylation is 1. The second kappa shape index (κ2) is 11.1. The molecule has 2 aliphatic rings. The smallest absolute Gasteiger partial charge is 0.246 e. The minimum absolute atomic E-state index is 0.0155. The number of hydrogen-bond acceptors (Lipinski definition) is 4. The highest BCUT2D eigenvalue weighted by Gasteiger charge is 2.40. The Hall–Kier alpha value is -3.19. The van der Waals surface area contributed by atoms with Crippen molar-refractivity contribution in [3.05, 3.63) is 54.4 Å². The van der Waals surface area contributed by atoms with Crippen LogP contribution in [0.15, 0.2) is 48.7 Å². The van der Waals surface area contributed by atoms with Crippen LogP contribution in [0.1, 0.15) is 63.6 Å². The summed E-state index contributed by atoms with van der Waals surface area (Å²) in [4.78, 5) is 33.8. The molecule has 1 aliphatic carbocycles. The molecule has 7 nitrogen and oxygen atoms in total. The summed E-state index contributed by atoms with van der Waals surface area (Å²) in [5, 5.41) is 7.29. The lowest BCUT2D eigenvalue weighted by Gasteiger charge is -2.35. The highest BCUT2D eigenvalue weighted by Crippen LogP contribution is 2.38. The molecule has 0 radical (unpaired) electrons. The van der Waals surface area contributed by atoms with Crippen molar-refractivity contribution in [2.45, 2.75) is 70.0 Å². The van der Waals surface area contributed by atoms with Gasteiger partial charge in [-0.1, -0.05) is 49.6 Å². The van der Waals surface area contributed by atoms with E-state index in [1.807, 2.05) is 36.2 Å². The molecule has 1 saturated carbocycles. The van der Waals surface area contributed by atoms with Gasteiger partial charge in [0.05, 0.1) is 23.3 Å². The van der Waals surface area contributed by atoms with Crippen LogP contribution >= 0.6 is 0 Å². The minimum atomic E-state index is -0.472. The molecule has 1 aliphatic heterocycles. The number of rotatable bonds is 7. The molecular formula is C30H39N5O2. The number of amides is 2. The Bertz CT molecular complexity index is 1250. The molecule has 7 heteroatoms. The van der Waals surface area contributed by atoms with Gasteiger partial charge in [0.25, 0.3) is 0 Å². The molecule has 37 heavy (non-hydrogen) atoms. The number of nitrogens with zero attached hydrogens (tertiary/aromatic N) is 3. The SMILES string of the molecule is CNC(C)C(=O)NC(C(=O)N1CCCC1c1cc2ccnc(-c3ccccc3)c2n1C)C1CCCCC1. The van der Waals surface area contributed by atoms with Crippen LogP contribution in [0, 0.1) is 5.92 Å². The molecule has 1 aromatic carbocycles. The molecule has 3 heterocycles. The summed E-state index contributed by atoms with van der Waals surface area (Å²) in [6, 6.07) is 13.7. The van der Waals surface area contributed by atoms with E-state index in [4.69, 9.17) is 4.98 Å². The molecule has 1 saturated heterocycles. The summed E-state index contributed by atoms with van der Waals surface area (Å²) in [6.45, 7) is 2.56. The van der Waals surface area contributed by atoms with Crippen molar-refractivity contribution in [2.75, 3.05) is 13.6 Å². The predicted molar refractivity (Wildman–Crippen MR) is 147 cm³/mol. The quantitative estimate of drug-likeness (QED) is 0.497. The van der Waals surface area contributed by atoms with E-state index in [0.29, 0.717) is 0 Å².